The molecule has 2 rings (SSSR count). The lowest BCUT2D eigenvalue weighted by atomic mass is 9.97. The van der Waals surface area contributed by atoms with E-state index in [-0.39, 0.29) is 12.1 Å². The van der Waals surface area contributed by atoms with Crippen molar-refractivity contribution in [2.24, 2.45) is 5.92 Å². The van der Waals surface area contributed by atoms with Gasteiger partial charge < -0.3 is 9.64 Å². The van der Waals surface area contributed by atoms with Crippen LogP contribution in [0.4, 0.5) is 4.79 Å². The van der Waals surface area contributed by atoms with Crippen molar-refractivity contribution in [3.63, 3.8) is 0 Å². The molecule has 0 N–H and O–H groups in total. The number of rotatable bonds is 10. The van der Waals surface area contributed by atoms with Crippen molar-refractivity contribution in [1.29, 1.82) is 0 Å². The quantitative estimate of drug-likeness (QED) is 0.364. The van der Waals surface area contributed by atoms with Gasteiger partial charge in [-0.15, -0.1) is 0 Å². The van der Waals surface area contributed by atoms with Crippen LogP contribution in [0, 0.1) is 5.92 Å². The molecular weight excluding hydrogens is 338 g/mol. The van der Waals surface area contributed by atoms with Crippen molar-refractivity contribution in [3.8, 4) is 0 Å². The molecule has 4 heteroatoms. The molecule has 0 bridgehead atoms. The number of carbonyl (C=O) groups is 2. The van der Waals surface area contributed by atoms with E-state index in [1.54, 1.807) is 0 Å². The summed E-state index contributed by atoms with van der Waals surface area (Å²) in [6.45, 7) is 8.69. The third-order valence-corrected chi connectivity index (χ3v) is 4.94. The van der Waals surface area contributed by atoms with Crippen LogP contribution < -0.4 is 0 Å². The smallest absolute Gasteiger partial charge is 0.410 e. The van der Waals surface area contributed by atoms with Crippen molar-refractivity contribution in [1.82, 2.24) is 4.90 Å². The maximum Gasteiger partial charge on any atom is 0.410 e. The minimum Gasteiger partial charge on any atom is -0.444 e. The first-order chi connectivity index (χ1) is 12.8. The van der Waals surface area contributed by atoms with Crippen LogP contribution in [0.5, 0.6) is 0 Å². The van der Waals surface area contributed by atoms with Crippen molar-refractivity contribution in [2.45, 2.75) is 84.3 Å². The van der Waals surface area contributed by atoms with Crippen LogP contribution in [0.25, 0.3) is 0 Å². The van der Waals surface area contributed by atoms with Gasteiger partial charge in [-0.05, 0) is 51.5 Å². The molecule has 150 valence electrons. The molecule has 1 aromatic carbocycles. The Hall–Kier alpha value is -1.84. The molecule has 4 nitrogen and oxygen atoms in total. The van der Waals surface area contributed by atoms with E-state index in [2.05, 4.69) is 6.92 Å². The standard InChI is InChI=1S/C23H35NO3/c1-5-6-7-8-9-21(20-14-12-19(17-25)13-15-20)24(16-18-10-11-18)22(26)27-23(2,3)4/h12-15,17-18,21H,5-11,16H2,1-4H3. The second kappa shape index (κ2) is 9.91. The summed E-state index contributed by atoms with van der Waals surface area (Å²) in [5, 5.41) is 0. The average molecular weight is 374 g/mol. The number of hydrogen-bond acceptors (Lipinski definition) is 3. The summed E-state index contributed by atoms with van der Waals surface area (Å²) < 4.78 is 5.73. The monoisotopic (exact) mass is 373 g/mol. The number of carbonyl (C=O) groups excluding carboxylic acids is 2. The van der Waals surface area contributed by atoms with E-state index in [9.17, 15) is 9.59 Å². The summed E-state index contributed by atoms with van der Waals surface area (Å²) in [4.78, 5) is 25.9. The molecule has 0 radical (unpaired) electrons. The van der Waals surface area contributed by atoms with E-state index >= 15 is 0 Å². The Morgan fingerprint density at radius 1 is 1.19 bits per heavy atom. The van der Waals surface area contributed by atoms with Crippen LogP contribution in [0.15, 0.2) is 24.3 Å². The zero-order valence-electron chi connectivity index (χ0n) is 17.4. The van der Waals surface area contributed by atoms with Gasteiger partial charge in [-0.25, -0.2) is 4.79 Å². The van der Waals surface area contributed by atoms with Gasteiger partial charge in [-0.1, -0.05) is 56.9 Å². The largest absolute Gasteiger partial charge is 0.444 e. The minimum absolute atomic E-state index is 0.00184. The molecule has 1 aliphatic rings. The van der Waals surface area contributed by atoms with Gasteiger partial charge in [0.05, 0.1) is 6.04 Å². The first-order valence-corrected chi connectivity index (χ1v) is 10.4. The number of hydrogen-bond donors (Lipinski definition) is 0. The maximum absolute atomic E-state index is 13.0. The Bertz CT molecular complexity index is 599. The molecule has 0 aromatic heterocycles. The third kappa shape index (κ3) is 7.36. The van der Waals surface area contributed by atoms with Gasteiger partial charge in [-0.3, -0.25) is 4.79 Å². The fraction of sp³-hybridized carbons (Fsp3) is 0.652. The highest BCUT2D eigenvalue weighted by molar-refractivity contribution is 5.74. The van der Waals surface area contributed by atoms with E-state index in [0.717, 1.165) is 31.2 Å². The first kappa shape index (κ1) is 21.5. The fourth-order valence-corrected chi connectivity index (χ4v) is 3.29. The van der Waals surface area contributed by atoms with Gasteiger partial charge >= 0.3 is 6.09 Å². The molecule has 0 saturated heterocycles. The van der Waals surface area contributed by atoms with Crippen LogP contribution in [0.2, 0.25) is 0 Å². The summed E-state index contributed by atoms with van der Waals surface area (Å²) >= 11 is 0. The summed E-state index contributed by atoms with van der Waals surface area (Å²) in [6, 6.07) is 7.65. The van der Waals surface area contributed by atoms with E-state index in [0.29, 0.717) is 11.5 Å². The SMILES string of the molecule is CCCCCCC(c1ccc(C=O)cc1)N(CC1CC1)C(=O)OC(C)(C)C. The molecule has 1 aliphatic carbocycles. The molecule has 0 spiro atoms. The molecule has 1 amide bonds. The van der Waals surface area contributed by atoms with Crippen LogP contribution in [-0.2, 0) is 4.74 Å². The van der Waals surface area contributed by atoms with Gasteiger partial charge in [0.25, 0.3) is 0 Å². The van der Waals surface area contributed by atoms with Crippen LogP contribution in [0.3, 0.4) is 0 Å². The third-order valence-electron chi connectivity index (χ3n) is 4.94. The minimum atomic E-state index is -0.507. The second-order valence-corrected chi connectivity index (χ2v) is 8.73. The van der Waals surface area contributed by atoms with E-state index in [1.165, 1.54) is 32.1 Å². The Labute approximate surface area is 164 Å². The van der Waals surface area contributed by atoms with Gasteiger partial charge in [0.2, 0.25) is 0 Å². The van der Waals surface area contributed by atoms with Crippen molar-refractivity contribution in [3.05, 3.63) is 35.4 Å². The van der Waals surface area contributed by atoms with Gasteiger partial charge in [0.15, 0.2) is 0 Å². The summed E-state index contributed by atoms with van der Waals surface area (Å²) in [6.07, 6.45) is 8.58. The number of aldehydes is 1. The Balaban J connectivity index is 2.23. The summed E-state index contributed by atoms with van der Waals surface area (Å²) in [5.74, 6) is 0.588. The predicted octanol–water partition coefficient (Wildman–Crippen LogP) is 6.16. The van der Waals surface area contributed by atoms with Crippen molar-refractivity contribution >= 4 is 12.4 Å². The van der Waals surface area contributed by atoms with E-state index in [4.69, 9.17) is 4.74 Å². The zero-order valence-corrected chi connectivity index (χ0v) is 17.4. The van der Waals surface area contributed by atoms with Crippen molar-refractivity contribution < 1.29 is 14.3 Å². The highest BCUT2D eigenvalue weighted by Gasteiger charge is 2.34. The molecule has 0 heterocycles. The van der Waals surface area contributed by atoms with Crippen LogP contribution in [0.1, 0.15) is 94.6 Å². The molecule has 1 aromatic rings. The Morgan fingerprint density at radius 3 is 2.37 bits per heavy atom. The average Bonchev–Trinajstić information content (AvgIpc) is 3.43. The van der Waals surface area contributed by atoms with Crippen molar-refractivity contribution in [2.75, 3.05) is 6.54 Å². The number of nitrogens with zero attached hydrogens (tertiary/aromatic N) is 1. The number of unbranched alkanes of at least 4 members (excludes halogenated alkanes) is 3. The molecule has 1 atom stereocenters. The first-order valence-electron chi connectivity index (χ1n) is 10.4. The lowest BCUT2D eigenvalue weighted by Crippen LogP contribution is -2.40. The van der Waals surface area contributed by atoms with E-state index < -0.39 is 5.60 Å². The normalized spacial score (nSPS) is 15.3. The Morgan fingerprint density at radius 2 is 1.85 bits per heavy atom. The van der Waals surface area contributed by atoms with Gasteiger partial charge in [0.1, 0.15) is 11.9 Å². The summed E-state index contributed by atoms with van der Waals surface area (Å²) in [7, 11) is 0. The van der Waals surface area contributed by atoms with Gasteiger partial charge in [0, 0.05) is 12.1 Å². The van der Waals surface area contributed by atoms with Crippen LogP contribution in [-0.4, -0.2) is 29.4 Å². The molecule has 27 heavy (non-hydrogen) atoms. The highest BCUT2D eigenvalue weighted by atomic mass is 16.6. The van der Waals surface area contributed by atoms with E-state index in [1.807, 2.05) is 49.9 Å². The second-order valence-electron chi connectivity index (χ2n) is 8.73. The van der Waals surface area contributed by atoms with Gasteiger partial charge in [-0.2, -0.15) is 0 Å². The predicted molar refractivity (Wildman–Crippen MR) is 109 cm³/mol. The molecule has 1 unspecified atom stereocenters. The molecular formula is C23H35NO3. The number of ether oxygens (including phenoxy) is 1. The maximum atomic E-state index is 13.0. The molecule has 1 saturated carbocycles. The summed E-state index contributed by atoms with van der Waals surface area (Å²) in [5.41, 5.74) is 1.24. The number of amides is 1. The Kier molecular flexibility index (Phi) is 7.88. The zero-order chi connectivity index (χ0) is 19.9. The molecule has 1 fully saturated rings. The highest BCUT2D eigenvalue weighted by Crippen LogP contribution is 2.35. The fourth-order valence-electron chi connectivity index (χ4n) is 3.29. The molecule has 0 aliphatic heterocycles. The topological polar surface area (TPSA) is 46.6 Å². The number of benzene rings is 1. The lowest BCUT2D eigenvalue weighted by Gasteiger charge is -2.34. The van der Waals surface area contributed by atoms with Crippen LogP contribution >= 0.6 is 0 Å². The lowest BCUT2D eigenvalue weighted by molar-refractivity contribution is 0.0133.